The lowest BCUT2D eigenvalue weighted by Gasteiger charge is -2.12. The maximum absolute atomic E-state index is 13.3. The van der Waals surface area contributed by atoms with E-state index in [4.69, 9.17) is 32.4 Å². The van der Waals surface area contributed by atoms with Gasteiger partial charge in [0.2, 0.25) is 0 Å². The summed E-state index contributed by atoms with van der Waals surface area (Å²) < 4.78 is 23.9. The monoisotopic (exact) mass is 468 g/mol. The van der Waals surface area contributed by atoms with Crippen LogP contribution < -0.4 is 15.4 Å². The summed E-state index contributed by atoms with van der Waals surface area (Å²) in [6, 6.07) is 10.4. The average molecular weight is 469 g/mol. The highest BCUT2D eigenvalue weighted by Crippen LogP contribution is 2.23. The molecular formula is C21H19Cl2FN2O5. The highest BCUT2D eigenvalue weighted by molar-refractivity contribution is 6.31. The molecule has 0 aliphatic carbocycles. The van der Waals surface area contributed by atoms with E-state index < -0.39 is 23.7 Å². The lowest BCUT2D eigenvalue weighted by molar-refractivity contribution is -0.123. The third-order valence-corrected chi connectivity index (χ3v) is 4.80. The molecule has 2 amide bonds. The van der Waals surface area contributed by atoms with Crippen LogP contribution in [0, 0.1) is 5.82 Å². The van der Waals surface area contributed by atoms with Gasteiger partial charge in [-0.3, -0.25) is 9.59 Å². The number of benzene rings is 2. The average Bonchev–Trinajstić information content (AvgIpc) is 3.16. The van der Waals surface area contributed by atoms with Crippen molar-refractivity contribution in [3.05, 3.63) is 64.1 Å². The first-order chi connectivity index (χ1) is 14.8. The van der Waals surface area contributed by atoms with Gasteiger partial charge in [-0.15, -0.1) is 0 Å². The molecule has 3 aromatic rings. The van der Waals surface area contributed by atoms with Gasteiger partial charge in [0, 0.05) is 29.6 Å². The minimum atomic E-state index is -0.880. The SMILES string of the molecule is O=C(COc1ccc(Cl)c(F)c1)NCC[C@H](O)CNC(=O)c1cc2cc(Cl)ccc2o1. The Bertz CT molecular complexity index is 1090. The zero-order valence-electron chi connectivity index (χ0n) is 16.2. The van der Waals surface area contributed by atoms with E-state index >= 15 is 0 Å². The van der Waals surface area contributed by atoms with E-state index in [0.717, 1.165) is 6.07 Å². The molecule has 2 aromatic carbocycles. The van der Waals surface area contributed by atoms with Crippen molar-refractivity contribution in [1.82, 2.24) is 10.6 Å². The van der Waals surface area contributed by atoms with Crippen LogP contribution in [0.25, 0.3) is 11.0 Å². The number of hydrogen-bond acceptors (Lipinski definition) is 5. The molecular weight excluding hydrogens is 450 g/mol. The number of amides is 2. The van der Waals surface area contributed by atoms with Gasteiger partial charge < -0.3 is 24.9 Å². The Kier molecular flexibility index (Phi) is 7.73. The first kappa shape index (κ1) is 22.9. The van der Waals surface area contributed by atoms with E-state index in [1.165, 1.54) is 12.1 Å². The molecule has 0 unspecified atom stereocenters. The summed E-state index contributed by atoms with van der Waals surface area (Å²) in [4.78, 5) is 24.0. The van der Waals surface area contributed by atoms with Crippen molar-refractivity contribution in [1.29, 1.82) is 0 Å². The van der Waals surface area contributed by atoms with Gasteiger partial charge in [-0.25, -0.2) is 4.39 Å². The summed E-state index contributed by atoms with van der Waals surface area (Å²) in [5, 5.41) is 16.3. The molecule has 0 fully saturated rings. The molecule has 0 spiro atoms. The van der Waals surface area contributed by atoms with Gasteiger partial charge in [0.15, 0.2) is 12.4 Å². The molecule has 1 atom stereocenters. The summed E-state index contributed by atoms with van der Waals surface area (Å²) in [5.74, 6) is -1.27. The quantitative estimate of drug-likeness (QED) is 0.445. The summed E-state index contributed by atoms with van der Waals surface area (Å²) in [7, 11) is 0. The molecule has 3 rings (SSSR count). The number of furan rings is 1. The first-order valence-corrected chi connectivity index (χ1v) is 10.1. The Morgan fingerprint density at radius 2 is 1.94 bits per heavy atom. The van der Waals surface area contributed by atoms with E-state index in [0.29, 0.717) is 16.0 Å². The number of carbonyl (C=O) groups is 2. The van der Waals surface area contributed by atoms with Gasteiger partial charge >= 0.3 is 0 Å². The van der Waals surface area contributed by atoms with Gasteiger partial charge in [0.25, 0.3) is 11.8 Å². The smallest absolute Gasteiger partial charge is 0.287 e. The molecule has 0 saturated heterocycles. The fraction of sp³-hybridized carbons (Fsp3) is 0.238. The second-order valence-corrected chi connectivity index (χ2v) is 7.50. The highest BCUT2D eigenvalue weighted by atomic mass is 35.5. The topological polar surface area (TPSA) is 101 Å². The number of carbonyl (C=O) groups excluding carboxylic acids is 2. The number of rotatable bonds is 9. The van der Waals surface area contributed by atoms with E-state index in [1.54, 1.807) is 24.3 Å². The summed E-state index contributed by atoms with van der Waals surface area (Å²) >= 11 is 11.5. The third-order valence-electron chi connectivity index (χ3n) is 4.26. The lowest BCUT2D eigenvalue weighted by atomic mass is 10.2. The summed E-state index contributed by atoms with van der Waals surface area (Å²) in [6.45, 7) is -0.172. The molecule has 1 aromatic heterocycles. The summed E-state index contributed by atoms with van der Waals surface area (Å²) in [6.07, 6.45) is -0.675. The van der Waals surface area contributed by atoms with Crippen molar-refractivity contribution in [3.8, 4) is 5.75 Å². The maximum atomic E-state index is 13.3. The van der Waals surface area contributed by atoms with Gasteiger partial charge in [-0.2, -0.15) is 0 Å². The molecule has 0 saturated carbocycles. The minimum Gasteiger partial charge on any atom is -0.484 e. The maximum Gasteiger partial charge on any atom is 0.287 e. The Balaban J connectivity index is 1.35. The fourth-order valence-electron chi connectivity index (χ4n) is 2.67. The van der Waals surface area contributed by atoms with Crippen LogP contribution in [-0.2, 0) is 4.79 Å². The molecule has 31 heavy (non-hydrogen) atoms. The molecule has 3 N–H and O–H groups in total. The Hall–Kier alpha value is -2.81. The zero-order valence-corrected chi connectivity index (χ0v) is 17.7. The number of ether oxygens (including phenoxy) is 1. The van der Waals surface area contributed by atoms with Crippen LogP contribution in [0.15, 0.2) is 46.9 Å². The number of aliphatic hydroxyl groups excluding tert-OH is 1. The molecule has 164 valence electrons. The molecule has 7 nitrogen and oxygen atoms in total. The highest BCUT2D eigenvalue weighted by Gasteiger charge is 2.14. The molecule has 0 radical (unpaired) electrons. The van der Waals surface area contributed by atoms with Gasteiger partial charge in [0.05, 0.1) is 11.1 Å². The van der Waals surface area contributed by atoms with Crippen LogP contribution in [0.5, 0.6) is 5.75 Å². The minimum absolute atomic E-state index is 0.0208. The summed E-state index contributed by atoms with van der Waals surface area (Å²) in [5.41, 5.74) is 0.529. The Labute approximate surface area is 187 Å². The number of hydrogen-bond donors (Lipinski definition) is 3. The van der Waals surface area contributed by atoms with Crippen LogP contribution in [0.4, 0.5) is 4.39 Å². The van der Waals surface area contributed by atoms with E-state index in [2.05, 4.69) is 10.6 Å². The second kappa shape index (κ2) is 10.5. The largest absolute Gasteiger partial charge is 0.484 e. The van der Waals surface area contributed by atoms with Crippen molar-refractivity contribution in [2.24, 2.45) is 0 Å². The van der Waals surface area contributed by atoms with E-state index in [1.807, 2.05) is 0 Å². The van der Waals surface area contributed by atoms with Crippen LogP contribution in [-0.4, -0.2) is 42.7 Å². The zero-order chi connectivity index (χ0) is 22.4. The predicted molar refractivity (Wildman–Crippen MR) is 114 cm³/mol. The lowest BCUT2D eigenvalue weighted by Crippen LogP contribution is -2.36. The molecule has 1 heterocycles. The van der Waals surface area contributed by atoms with Gasteiger partial charge in [0.1, 0.15) is 17.1 Å². The van der Waals surface area contributed by atoms with Gasteiger partial charge in [-0.05, 0) is 42.8 Å². The van der Waals surface area contributed by atoms with Crippen molar-refractivity contribution < 1.29 is 28.2 Å². The Morgan fingerprint density at radius 1 is 1.13 bits per heavy atom. The van der Waals surface area contributed by atoms with Crippen LogP contribution in [0.3, 0.4) is 0 Å². The molecule has 10 heteroatoms. The Morgan fingerprint density at radius 3 is 2.71 bits per heavy atom. The van der Waals surface area contributed by atoms with Crippen molar-refractivity contribution in [3.63, 3.8) is 0 Å². The van der Waals surface area contributed by atoms with E-state index in [-0.39, 0.29) is 42.6 Å². The van der Waals surface area contributed by atoms with Crippen LogP contribution >= 0.6 is 23.2 Å². The fourth-order valence-corrected chi connectivity index (χ4v) is 2.97. The molecule has 0 aliphatic heterocycles. The van der Waals surface area contributed by atoms with Crippen molar-refractivity contribution in [2.45, 2.75) is 12.5 Å². The van der Waals surface area contributed by atoms with E-state index in [9.17, 15) is 19.1 Å². The number of halogens is 3. The predicted octanol–water partition coefficient (Wildman–Crippen LogP) is 3.55. The van der Waals surface area contributed by atoms with Crippen molar-refractivity contribution >= 4 is 46.0 Å². The third kappa shape index (κ3) is 6.58. The van der Waals surface area contributed by atoms with Gasteiger partial charge in [-0.1, -0.05) is 23.2 Å². The number of nitrogens with one attached hydrogen (secondary N) is 2. The van der Waals surface area contributed by atoms with Crippen LogP contribution in [0.2, 0.25) is 10.0 Å². The van der Waals surface area contributed by atoms with Crippen molar-refractivity contribution in [2.75, 3.05) is 19.7 Å². The number of aliphatic hydroxyl groups is 1. The van der Waals surface area contributed by atoms with Crippen LogP contribution in [0.1, 0.15) is 17.0 Å². The molecule has 0 aliphatic rings. The molecule has 0 bridgehead atoms. The second-order valence-electron chi connectivity index (χ2n) is 6.66. The standard InChI is InChI=1S/C21H19Cl2FN2O5/c22-13-1-4-18-12(7-13)8-19(31-18)21(29)26-10-14(27)5-6-25-20(28)11-30-15-2-3-16(23)17(24)9-15/h1-4,7-9,14,27H,5-6,10-11H2,(H,25,28)(H,26,29)/t14-/m0/s1. The number of fused-ring (bicyclic) bond motifs is 1. The first-order valence-electron chi connectivity index (χ1n) is 9.32. The normalized spacial score (nSPS) is 11.9.